The van der Waals surface area contributed by atoms with Crippen LogP contribution < -0.4 is 10.6 Å². The number of anilines is 2. The Morgan fingerprint density at radius 2 is 2.00 bits per heavy atom. The SMILES string of the molecule is CC(=O)Nc1cccc(NC(=O)CSc2ncnc3sc4c(c23)CCC4)c1. The third-order valence-electron chi connectivity index (χ3n) is 4.27. The molecule has 0 fully saturated rings. The summed E-state index contributed by atoms with van der Waals surface area (Å²) in [7, 11) is 0. The van der Waals surface area contributed by atoms with Crippen molar-refractivity contribution < 1.29 is 9.59 Å². The van der Waals surface area contributed by atoms with E-state index in [0.717, 1.165) is 28.1 Å². The van der Waals surface area contributed by atoms with E-state index in [0.29, 0.717) is 11.4 Å². The maximum atomic E-state index is 12.4. The molecular weight excluding hydrogens is 380 g/mol. The van der Waals surface area contributed by atoms with Crippen LogP contribution in [0.4, 0.5) is 11.4 Å². The molecule has 2 heterocycles. The van der Waals surface area contributed by atoms with E-state index in [2.05, 4.69) is 20.6 Å². The van der Waals surface area contributed by atoms with Gasteiger partial charge in [-0.05, 0) is 43.0 Å². The molecule has 3 aromatic rings. The van der Waals surface area contributed by atoms with Gasteiger partial charge >= 0.3 is 0 Å². The van der Waals surface area contributed by atoms with Gasteiger partial charge in [-0.1, -0.05) is 17.8 Å². The van der Waals surface area contributed by atoms with E-state index in [-0.39, 0.29) is 17.6 Å². The van der Waals surface area contributed by atoms with Crippen LogP contribution in [0.1, 0.15) is 23.8 Å². The first-order valence-corrected chi connectivity index (χ1v) is 10.5. The monoisotopic (exact) mass is 398 g/mol. The van der Waals surface area contributed by atoms with Gasteiger partial charge in [0.1, 0.15) is 16.2 Å². The third kappa shape index (κ3) is 3.96. The summed E-state index contributed by atoms with van der Waals surface area (Å²) in [5, 5.41) is 7.58. The van der Waals surface area contributed by atoms with Crippen molar-refractivity contribution in [2.45, 2.75) is 31.2 Å². The van der Waals surface area contributed by atoms with Gasteiger partial charge in [0.25, 0.3) is 0 Å². The number of carbonyl (C=O) groups is 2. The Bertz CT molecular complexity index is 1030. The molecule has 27 heavy (non-hydrogen) atoms. The molecule has 1 aliphatic rings. The van der Waals surface area contributed by atoms with Crippen LogP contribution >= 0.6 is 23.1 Å². The first-order chi connectivity index (χ1) is 13.1. The number of carbonyl (C=O) groups excluding carboxylic acids is 2. The number of hydrogen-bond acceptors (Lipinski definition) is 6. The molecule has 0 spiro atoms. The summed E-state index contributed by atoms with van der Waals surface area (Å²) in [6.45, 7) is 1.45. The van der Waals surface area contributed by atoms with Gasteiger partial charge in [0.2, 0.25) is 11.8 Å². The molecule has 1 aromatic carbocycles. The minimum absolute atomic E-state index is 0.112. The van der Waals surface area contributed by atoms with Crippen molar-refractivity contribution in [1.82, 2.24) is 9.97 Å². The van der Waals surface area contributed by atoms with E-state index in [9.17, 15) is 9.59 Å². The Morgan fingerprint density at radius 1 is 1.19 bits per heavy atom. The highest BCUT2D eigenvalue weighted by Crippen LogP contribution is 2.39. The highest BCUT2D eigenvalue weighted by atomic mass is 32.2. The van der Waals surface area contributed by atoms with Crippen molar-refractivity contribution in [2.24, 2.45) is 0 Å². The number of hydrogen-bond donors (Lipinski definition) is 2. The fourth-order valence-electron chi connectivity index (χ4n) is 3.22. The number of aryl methyl sites for hydroxylation is 2. The molecule has 1 aliphatic carbocycles. The van der Waals surface area contributed by atoms with E-state index in [4.69, 9.17) is 0 Å². The summed E-state index contributed by atoms with van der Waals surface area (Å²) in [4.78, 5) is 34.8. The maximum absolute atomic E-state index is 12.4. The number of fused-ring (bicyclic) bond motifs is 3. The first kappa shape index (κ1) is 17.9. The summed E-state index contributed by atoms with van der Waals surface area (Å²) >= 11 is 3.18. The topological polar surface area (TPSA) is 84.0 Å². The van der Waals surface area contributed by atoms with Gasteiger partial charge in [-0.3, -0.25) is 9.59 Å². The molecule has 0 unspecified atom stereocenters. The molecule has 0 aliphatic heterocycles. The van der Waals surface area contributed by atoms with Crippen LogP contribution in [-0.2, 0) is 22.4 Å². The molecule has 0 saturated heterocycles. The number of thioether (sulfide) groups is 1. The van der Waals surface area contributed by atoms with E-state index in [1.807, 2.05) is 0 Å². The number of benzene rings is 1. The molecule has 8 heteroatoms. The van der Waals surface area contributed by atoms with Gasteiger partial charge in [0, 0.05) is 28.6 Å². The predicted molar refractivity (Wildman–Crippen MR) is 110 cm³/mol. The summed E-state index contributed by atoms with van der Waals surface area (Å²) in [6.07, 6.45) is 4.94. The molecule has 0 bridgehead atoms. The average Bonchev–Trinajstić information content (AvgIpc) is 3.20. The van der Waals surface area contributed by atoms with Crippen LogP contribution in [0.5, 0.6) is 0 Å². The highest BCUT2D eigenvalue weighted by Gasteiger charge is 2.21. The molecular formula is C19H18N4O2S2. The average molecular weight is 399 g/mol. The highest BCUT2D eigenvalue weighted by molar-refractivity contribution is 8.00. The number of amides is 2. The van der Waals surface area contributed by atoms with Crippen LogP contribution in [0.15, 0.2) is 35.6 Å². The van der Waals surface area contributed by atoms with E-state index in [1.165, 1.54) is 35.5 Å². The number of thiophene rings is 1. The fourth-order valence-corrected chi connectivity index (χ4v) is 5.34. The molecule has 2 aromatic heterocycles. The quantitative estimate of drug-likeness (QED) is 0.503. The zero-order chi connectivity index (χ0) is 18.8. The van der Waals surface area contributed by atoms with Crippen molar-refractivity contribution in [2.75, 3.05) is 16.4 Å². The van der Waals surface area contributed by atoms with E-state index < -0.39 is 0 Å². The smallest absolute Gasteiger partial charge is 0.234 e. The number of nitrogens with zero attached hydrogens (tertiary/aromatic N) is 2. The van der Waals surface area contributed by atoms with Gasteiger partial charge in [-0.2, -0.15) is 0 Å². The number of rotatable bonds is 5. The molecule has 138 valence electrons. The Labute approximate surface area is 164 Å². The molecule has 2 amide bonds. The lowest BCUT2D eigenvalue weighted by Crippen LogP contribution is -2.14. The summed E-state index contributed by atoms with van der Waals surface area (Å²) in [6, 6.07) is 7.10. The van der Waals surface area contributed by atoms with E-state index >= 15 is 0 Å². The van der Waals surface area contributed by atoms with Crippen LogP contribution in [0.25, 0.3) is 10.2 Å². The minimum Gasteiger partial charge on any atom is -0.326 e. The normalized spacial score (nSPS) is 12.8. The first-order valence-electron chi connectivity index (χ1n) is 8.65. The Kier molecular flexibility index (Phi) is 5.09. The number of aromatic nitrogens is 2. The van der Waals surface area contributed by atoms with Crippen molar-refractivity contribution in [1.29, 1.82) is 0 Å². The molecule has 0 saturated carbocycles. The van der Waals surface area contributed by atoms with Gasteiger partial charge in [0.15, 0.2) is 0 Å². The molecule has 0 atom stereocenters. The molecule has 0 radical (unpaired) electrons. The summed E-state index contributed by atoms with van der Waals surface area (Å²) in [5.41, 5.74) is 2.66. The van der Waals surface area contributed by atoms with Crippen molar-refractivity contribution in [3.05, 3.63) is 41.0 Å². The third-order valence-corrected chi connectivity index (χ3v) is 6.46. The van der Waals surface area contributed by atoms with Gasteiger partial charge in [0.05, 0.1) is 5.75 Å². The second kappa shape index (κ2) is 7.66. The molecule has 4 rings (SSSR count). The summed E-state index contributed by atoms with van der Waals surface area (Å²) in [5.74, 6) is 0.00453. The largest absolute Gasteiger partial charge is 0.326 e. The second-order valence-electron chi connectivity index (χ2n) is 6.32. The lowest BCUT2D eigenvalue weighted by Gasteiger charge is -2.08. The predicted octanol–water partition coefficient (Wildman–Crippen LogP) is 3.87. The van der Waals surface area contributed by atoms with Crippen LogP contribution in [0.2, 0.25) is 0 Å². The summed E-state index contributed by atoms with van der Waals surface area (Å²) < 4.78 is 0. The van der Waals surface area contributed by atoms with Gasteiger partial charge in [-0.15, -0.1) is 11.3 Å². The minimum atomic E-state index is -0.148. The van der Waals surface area contributed by atoms with Crippen LogP contribution in [0.3, 0.4) is 0 Å². The van der Waals surface area contributed by atoms with Gasteiger partial charge < -0.3 is 10.6 Å². The fraction of sp³-hybridized carbons (Fsp3) is 0.263. The molecule has 2 N–H and O–H groups in total. The van der Waals surface area contributed by atoms with Gasteiger partial charge in [-0.25, -0.2) is 9.97 Å². The Balaban J connectivity index is 1.44. The Morgan fingerprint density at radius 3 is 2.81 bits per heavy atom. The van der Waals surface area contributed by atoms with Crippen LogP contribution in [0, 0.1) is 0 Å². The van der Waals surface area contributed by atoms with Crippen molar-refractivity contribution in [3.63, 3.8) is 0 Å². The standard InChI is InChI=1S/C19H18N4O2S2/c1-11(24)22-12-4-2-5-13(8-12)23-16(25)9-26-18-17-14-6-3-7-15(14)27-19(17)21-10-20-18/h2,4-5,8,10H,3,6-7,9H2,1H3,(H,22,24)(H,23,25). The molecule has 6 nitrogen and oxygen atoms in total. The number of nitrogens with one attached hydrogen (secondary N) is 2. The zero-order valence-corrected chi connectivity index (χ0v) is 16.4. The van der Waals surface area contributed by atoms with Crippen LogP contribution in [-0.4, -0.2) is 27.5 Å². The lowest BCUT2D eigenvalue weighted by molar-refractivity contribution is -0.114. The maximum Gasteiger partial charge on any atom is 0.234 e. The zero-order valence-electron chi connectivity index (χ0n) is 14.7. The lowest BCUT2D eigenvalue weighted by atomic mass is 10.2. The second-order valence-corrected chi connectivity index (χ2v) is 8.36. The van der Waals surface area contributed by atoms with Crippen molar-refractivity contribution >= 4 is 56.5 Å². The Hall–Kier alpha value is -2.45. The van der Waals surface area contributed by atoms with E-state index in [1.54, 1.807) is 41.9 Å². The van der Waals surface area contributed by atoms with Crippen molar-refractivity contribution in [3.8, 4) is 0 Å².